The van der Waals surface area contributed by atoms with E-state index >= 15 is 0 Å². The minimum Gasteiger partial charge on any atom is -0.460 e. The largest absolute Gasteiger partial charge is 0.460 e. The molecule has 5 heteroatoms. The Labute approximate surface area is 215 Å². The third-order valence-corrected chi connectivity index (χ3v) is 6.28. The molecule has 2 aromatic carbocycles. The first-order valence-electron chi connectivity index (χ1n) is 13.1. The predicted molar refractivity (Wildman–Crippen MR) is 153 cm³/mol. The average molecular weight is 486 g/mol. The molecular formula is C31H39N3O2. The maximum absolute atomic E-state index is 11.8. The van der Waals surface area contributed by atoms with Crippen molar-refractivity contribution in [1.82, 2.24) is 4.98 Å². The normalized spacial score (nSPS) is 12.2. The van der Waals surface area contributed by atoms with E-state index in [1.165, 1.54) is 11.8 Å². The van der Waals surface area contributed by atoms with Gasteiger partial charge < -0.3 is 10.1 Å². The van der Waals surface area contributed by atoms with Crippen LogP contribution < -0.4 is 5.32 Å². The van der Waals surface area contributed by atoms with Gasteiger partial charge in [-0.15, -0.1) is 0 Å². The minimum atomic E-state index is -0.342. The molecule has 0 fully saturated rings. The molecule has 0 spiro atoms. The van der Waals surface area contributed by atoms with Gasteiger partial charge in [-0.2, -0.15) is 0 Å². The van der Waals surface area contributed by atoms with E-state index in [1.54, 1.807) is 6.08 Å². The molecule has 0 aliphatic carbocycles. The Morgan fingerprint density at radius 1 is 1.06 bits per heavy atom. The van der Waals surface area contributed by atoms with Crippen molar-refractivity contribution in [2.75, 3.05) is 5.32 Å². The predicted octanol–water partition coefficient (Wildman–Crippen LogP) is 8.56. The number of nitrogens with one attached hydrogen (secondary N) is 1. The van der Waals surface area contributed by atoms with Crippen LogP contribution in [0.3, 0.4) is 0 Å². The van der Waals surface area contributed by atoms with Crippen LogP contribution in [0.5, 0.6) is 0 Å². The summed E-state index contributed by atoms with van der Waals surface area (Å²) in [5.41, 5.74) is 6.06. The Hall–Kier alpha value is -3.47. The van der Waals surface area contributed by atoms with Crippen molar-refractivity contribution in [3.8, 4) is 0 Å². The highest BCUT2D eigenvalue weighted by Crippen LogP contribution is 2.36. The van der Waals surface area contributed by atoms with Crippen molar-refractivity contribution < 1.29 is 9.53 Å². The number of aliphatic imine (C=N–C) groups is 1. The lowest BCUT2D eigenvalue weighted by Gasteiger charge is -2.19. The van der Waals surface area contributed by atoms with Gasteiger partial charge in [0, 0.05) is 22.9 Å². The second kappa shape index (κ2) is 13.0. The molecule has 0 bridgehead atoms. The molecule has 0 atom stereocenters. The number of carbonyl (C=O) groups excluding carboxylic acids is 1. The summed E-state index contributed by atoms with van der Waals surface area (Å²) < 4.78 is 5.16. The van der Waals surface area contributed by atoms with Crippen molar-refractivity contribution >= 4 is 45.9 Å². The average Bonchev–Trinajstić information content (AvgIpc) is 2.86. The molecule has 1 heterocycles. The van der Waals surface area contributed by atoms with Gasteiger partial charge in [0.2, 0.25) is 0 Å². The quantitative estimate of drug-likeness (QED) is 0.168. The number of aromatic nitrogens is 1. The van der Waals surface area contributed by atoms with Gasteiger partial charge in [-0.1, -0.05) is 57.5 Å². The zero-order valence-electron chi connectivity index (χ0n) is 22.5. The smallest absolute Gasteiger partial charge is 0.331 e. The van der Waals surface area contributed by atoms with Crippen LogP contribution in [-0.4, -0.2) is 22.8 Å². The Bertz CT molecular complexity index is 1220. The number of rotatable bonds is 11. The van der Waals surface area contributed by atoms with Crippen molar-refractivity contribution in [3.63, 3.8) is 0 Å². The highest BCUT2D eigenvalue weighted by Gasteiger charge is 2.17. The number of hydrogen-bond donors (Lipinski definition) is 1. The summed E-state index contributed by atoms with van der Waals surface area (Å²) in [5, 5.41) is 4.63. The molecule has 0 aliphatic heterocycles. The second-order valence-corrected chi connectivity index (χ2v) is 9.38. The van der Waals surface area contributed by atoms with Crippen LogP contribution in [0, 0.1) is 12.8 Å². The lowest BCUT2D eigenvalue weighted by atomic mass is 9.94. The summed E-state index contributed by atoms with van der Waals surface area (Å²) in [6.45, 7) is 12.5. The standard InChI is InChI=1S/C31H39N3O2/c1-7-12-27(24(8-2)9-3)33-30-22(6)26-13-10-11-14-28(26)34-31(30)32-25-18-15-23(16-19-25)17-20-29(35)36-21(4)5/h10-11,13-21,24H,7-9,12H2,1-6H3,(H,32,34)/b20-17+,33-27+. The van der Waals surface area contributed by atoms with E-state index in [2.05, 4.69) is 45.1 Å². The number of pyridine rings is 1. The Balaban J connectivity index is 1.98. The van der Waals surface area contributed by atoms with Crippen LogP contribution in [0.4, 0.5) is 17.2 Å². The van der Waals surface area contributed by atoms with E-state index in [0.717, 1.165) is 64.9 Å². The molecule has 5 nitrogen and oxygen atoms in total. The number of carbonyl (C=O) groups is 1. The van der Waals surface area contributed by atoms with Crippen LogP contribution in [-0.2, 0) is 9.53 Å². The summed E-state index contributed by atoms with van der Waals surface area (Å²) in [6.07, 6.45) is 7.30. The van der Waals surface area contributed by atoms with Crippen LogP contribution >= 0.6 is 0 Å². The number of esters is 1. The van der Waals surface area contributed by atoms with Gasteiger partial charge in [-0.25, -0.2) is 9.78 Å². The SMILES string of the molecule is CCC/C(=N\c1c(Nc2ccc(/C=C/C(=O)OC(C)C)cc2)nc2ccccc2c1C)C(CC)CC. The van der Waals surface area contributed by atoms with Gasteiger partial charge in [-0.3, -0.25) is 4.99 Å². The third kappa shape index (κ3) is 7.03. The molecule has 1 aromatic heterocycles. The van der Waals surface area contributed by atoms with Crippen molar-refractivity contribution in [3.05, 3.63) is 65.7 Å². The summed E-state index contributed by atoms with van der Waals surface area (Å²) >= 11 is 0. The second-order valence-electron chi connectivity index (χ2n) is 9.38. The molecule has 36 heavy (non-hydrogen) atoms. The lowest BCUT2D eigenvalue weighted by Crippen LogP contribution is -2.13. The van der Waals surface area contributed by atoms with E-state index in [0.29, 0.717) is 5.92 Å². The Kier molecular flexibility index (Phi) is 9.80. The van der Waals surface area contributed by atoms with Gasteiger partial charge in [0.25, 0.3) is 0 Å². The fraction of sp³-hybridized carbons (Fsp3) is 0.387. The maximum atomic E-state index is 11.8. The summed E-state index contributed by atoms with van der Waals surface area (Å²) in [4.78, 5) is 22.0. The minimum absolute atomic E-state index is 0.133. The molecular weight excluding hydrogens is 446 g/mol. The molecule has 190 valence electrons. The number of fused-ring (bicyclic) bond motifs is 1. The van der Waals surface area contributed by atoms with Crippen LogP contribution in [0.25, 0.3) is 17.0 Å². The topological polar surface area (TPSA) is 63.6 Å². The maximum Gasteiger partial charge on any atom is 0.331 e. The number of hydrogen-bond acceptors (Lipinski definition) is 5. The van der Waals surface area contributed by atoms with E-state index in [9.17, 15) is 4.79 Å². The number of para-hydroxylation sites is 1. The Morgan fingerprint density at radius 3 is 2.39 bits per heavy atom. The number of nitrogens with zero attached hydrogens (tertiary/aromatic N) is 2. The highest BCUT2D eigenvalue weighted by molar-refractivity contribution is 5.96. The first kappa shape index (κ1) is 27.1. The number of benzene rings is 2. The number of ether oxygens (including phenoxy) is 1. The summed E-state index contributed by atoms with van der Waals surface area (Å²) in [6, 6.07) is 16.1. The zero-order chi connectivity index (χ0) is 26.1. The van der Waals surface area contributed by atoms with Crippen LogP contribution in [0.1, 0.15) is 71.4 Å². The fourth-order valence-corrected chi connectivity index (χ4v) is 4.35. The van der Waals surface area contributed by atoms with Crippen molar-refractivity contribution in [1.29, 1.82) is 0 Å². The van der Waals surface area contributed by atoms with Gasteiger partial charge >= 0.3 is 5.97 Å². The van der Waals surface area contributed by atoms with Crippen LogP contribution in [0.15, 0.2) is 59.6 Å². The van der Waals surface area contributed by atoms with Gasteiger partial charge in [0.15, 0.2) is 5.82 Å². The molecule has 0 radical (unpaired) electrons. The molecule has 3 aromatic rings. The van der Waals surface area contributed by atoms with E-state index < -0.39 is 0 Å². The first-order valence-corrected chi connectivity index (χ1v) is 13.1. The molecule has 0 unspecified atom stereocenters. The molecule has 1 N–H and O–H groups in total. The molecule has 0 aliphatic rings. The monoisotopic (exact) mass is 485 g/mol. The number of aryl methyl sites for hydroxylation is 1. The molecule has 0 saturated heterocycles. The van der Waals surface area contributed by atoms with E-state index in [1.807, 2.05) is 50.2 Å². The number of anilines is 2. The highest BCUT2D eigenvalue weighted by atomic mass is 16.5. The lowest BCUT2D eigenvalue weighted by molar-refractivity contribution is -0.141. The van der Waals surface area contributed by atoms with Gasteiger partial charge in [-0.05, 0) is 81.4 Å². The molecule has 0 saturated carbocycles. The third-order valence-electron chi connectivity index (χ3n) is 6.28. The summed E-state index contributed by atoms with van der Waals surface area (Å²) in [5.74, 6) is 0.887. The van der Waals surface area contributed by atoms with E-state index in [-0.39, 0.29) is 12.1 Å². The molecule has 0 amide bonds. The van der Waals surface area contributed by atoms with Crippen molar-refractivity contribution in [2.45, 2.75) is 73.3 Å². The Morgan fingerprint density at radius 2 is 1.75 bits per heavy atom. The molecule has 3 rings (SSSR count). The van der Waals surface area contributed by atoms with Gasteiger partial charge in [0.05, 0.1) is 11.6 Å². The zero-order valence-corrected chi connectivity index (χ0v) is 22.5. The van der Waals surface area contributed by atoms with Crippen molar-refractivity contribution in [2.24, 2.45) is 10.9 Å². The fourth-order valence-electron chi connectivity index (χ4n) is 4.35. The van der Waals surface area contributed by atoms with Crippen LogP contribution in [0.2, 0.25) is 0 Å². The first-order chi connectivity index (χ1) is 17.4. The summed E-state index contributed by atoms with van der Waals surface area (Å²) in [7, 11) is 0. The van der Waals surface area contributed by atoms with Gasteiger partial charge in [0.1, 0.15) is 5.69 Å². The van der Waals surface area contributed by atoms with E-state index in [4.69, 9.17) is 14.7 Å².